The molecule has 0 saturated heterocycles. The lowest BCUT2D eigenvalue weighted by atomic mass is 10.4. The summed E-state index contributed by atoms with van der Waals surface area (Å²) in [5.41, 5.74) is 5.29. The summed E-state index contributed by atoms with van der Waals surface area (Å²) in [5, 5.41) is 6.05. The molecule has 0 aliphatic rings. The summed E-state index contributed by atoms with van der Waals surface area (Å²) in [7, 11) is 0. The molecule has 0 aliphatic heterocycles. The molecule has 0 bridgehead atoms. The highest BCUT2D eigenvalue weighted by molar-refractivity contribution is 5.90. The first kappa shape index (κ1) is 10.2. The van der Waals surface area contributed by atoms with Crippen molar-refractivity contribution < 1.29 is 4.79 Å². The molecule has 0 fully saturated rings. The summed E-state index contributed by atoms with van der Waals surface area (Å²) < 4.78 is 0. The van der Waals surface area contributed by atoms with Crippen LogP contribution in [0.2, 0.25) is 0 Å². The SMILES string of the molecule is C=CCN(CC)C(=O)c1nc(N)n[nH]1. The Morgan fingerprint density at radius 3 is 2.93 bits per heavy atom. The number of hydrogen-bond acceptors (Lipinski definition) is 4. The molecule has 6 heteroatoms. The number of hydrogen-bond donors (Lipinski definition) is 2. The lowest BCUT2D eigenvalue weighted by Crippen LogP contribution is -2.31. The fourth-order valence-electron chi connectivity index (χ4n) is 1.03. The highest BCUT2D eigenvalue weighted by Gasteiger charge is 2.16. The fraction of sp³-hybridized carbons (Fsp3) is 0.375. The van der Waals surface area contributed by atoms with Crippen molar-refractivity contribution in [1.29, 1.82) is 0 Å². The van der Waals surface area contributed by atoms with E-state index in [4.69, 9.17) is 5.73 Å². The van der Waals surface area contributed by atoms with Crippen LogP contribution in [0.3, 0.4) is 0 Å². The molecule has 0 atom stereocenters. The number of nitrogens with zero attached hydrogens (tertiary/aromatic N) is 3. The molecular weight excluding hydrogens is 182 g/mol. The van der Waals surface area contributed by atoms with Gasteiger partial charge in [-0.05, 0) is 6.92 Å². The van der Waals surface area contributed by atoms with Gasteiger partial charge >= 0.3 is 0 Å². The van der Waals surface area contributed by atoms with Gasteiger partial charge in [0.1, 0.15) is 0 Å². The maximum absolute atomic E-state index is 11.7. The van der Waals surface area contributed by atoms with Crippen LogP contribution in [0.5, 0.6) is 0 Å². The standard InChI is InChI=1S/C8H13N5O/c1-3-5-13(4-2)7(14)6-10-8(9)12-11-6/h3H,1,4-5H2,2H3,(H3,9,10,11,12). The van der Waals surface area contributed by atoms with Crippen LogP contribution in [0.15, 0.2) is 12.7 Å². The Hall–Kier alpha value is -1.85. The number of amides is 1. The van der Waals surface area contributed by atoms with Crippen LogP contribution in [0, 0.1) is 0 Å². The summed E-state index contributed by atoms with van der Waals surface area (Å²) >= 11 is 0. The molecule has 6 nitrogen and oxygen atoms in total. The predicted molar refractivity (Wildman–Crippen MR) is 52.6 cm³/mol. The maximum Gasteiger partial charge on any atom is 0.291 e. The van der Waals surface area contributed by atoms with Crippen LogP contribution in [-0.4, -0.2) is 39.1 Å². The zero-order valence-corrected chi connectivity index (χ0v) is 8.03. The number of likely N-dealkylation sites (N-methyl/N-ethyl adjacent to an activating group) is 1. The number of carbonyl (C=O) groups excluding carboxylic acids is 1. The summed E-state index contributed by atoms with van der Waals surface area (Å²) in [5.74, 6) is 0.00538. The van der Waals surface area contributed by atoms with Gasteiger partial charge in [-0.2, -0.15) is 4.98 Å². The Kier molecular flexibility index (Phi) is 3.22. The number of nitrogens with one attached hydrogen (secondary N) is 1. The van der Waals surface area contributed by atoms with Gasteiger partial charge in [-0.15, -0.1) is 11.7 Å². The Morgan fingerprint density at radius 2 is 2.50 bits per heavy atom. The van der Waals surface area contributed by atoms with Crippen LogP contribution in [-0.2, 0) is 0 Å². The number of aromatic amines is 1. The molecule has 3 N–H and O–H groups in total. The van der Waals surface area contributed by atoms with Crippen LogP contribution >= 0.6 is 0 Å². The molecule has 1 aromatic heterocycles. The summed E-state index contributed by atoms with van der Waals surface area (Å²) in [6.07, 6.45) is 1.65. The van der Waals surface area contributed by atoms with Crippen LogP contribution in [0.25, 0.3) is 0 Å². The van der Waals surface area contributed by atoms with Crippen LogP contribution in [0.4, 0.5) is 5.95 Å². The smallest absolute Gasteiger partial charge is 0.291 e. The van der Waals surface area contributed by atoms with Gasteiger partial charge in [-0.3, -0.25) is 9.89 Å². The highest BCUT2D eigenvalue weighted by Crippen LogP contribution is 2.00. The van der Waals surface area contributed by atoms with E-state index in [9.17, 15) is 4.79 Å². The molecular formula is C8H13N5O. The molecule has 14 heavy (non-hydrogen) atoms. The molecule has 1 heterocycles. The van der Waals surface area contributed by atoms with Crippen molar-refractivity contribution in [2.45, 2.75) is 6.92 Å². The molecule has 1 aromatic rings. The number of nitrogen functional groups attached to an aromatic ring is 1. The number of anilines is 1. The molecule has 0 radical (unpaired) electrons. The van der Waals surface area contributed by atoms with Gasteiger partial charge in [0, 0.05) is 13.1 Å². The number of rotatable bonds is 4. The molecule has 0 unspecified atom stereocenters. The molecule has 0 aliphatic carbocycles. The van der Waals surface area contributed by atoms with E-state index < -0.39 is 0 Å². The zero-order valence-electron chi connectivity index (χ0n) is 8.03. The van der Waals surface area contributed by atoms with E-state index in [-0.39, 0.29) is 17.7 Å². The highest BCUT2D eigenvalue weighted by atomic mass is 16.2. The van der Waals surface area contributed by atoms with Crippen molar-refractivity contribution in [2.75, 3.05) is 18.8 Å². The first-order valence-electron chi connectivity index (χ1n) is 4.27. The molecule has 1 rings (SSSR count). The topological polar surface area (TPSA) is 87.9 Å². The predicted octanol–water partition coefficient (Wildman–Crippen LogP) is 0.0350. The average molecular weight is 195 g/mol. The monoisotopic (exact) mass is 195 g/mol. The maximum atomic E-state index is 11.7. The largest absolute Gasteiger partial charge is 0.366 e. The molecule has 0 spiro atoms. The van der Waals surface area contributed by atoms with E-state index in [1.54, 1.807) is 11.0 Å². The molecule has 1 amide bonds. The molecule has 76 valence electrons. The van der Waals surface area contributed by atoms with Crippen molar-refractivity contribution in [2.24, 2.45) is 0 Å². The van der Waals surface area contributed by atoms with Gasteiger partial charge in [-0.1, -0.05) is 6.08 Å². The first-order valence-corrected chi connectivity index (χ1v) is 4.27. The van der Waals surface area contributed by atoms with Gasteiger partial charge in [0.15, 0.2) is 0 Å². The first-order chi connectivity index (χ1) is 6.69. The second-order valence-corrected chi connectivity index (χ2v) is 2.67. The number of aromatic nitrogens is 3. The molecule has 0 saturated carbocycles. The minimum Gasteiger partial charge on any atom is -0.366 e. The second-order valence-electron chi connectivity index (χ2n) is 2.67. The number of nitrogens with two attached hydrogens (primary N) is 1. The van der Waals surface area contributed by atoms with Crippen molar-refractivity contribution in [3.63, 3.8) is 0 Å². The van der Waals surface area contributed by atoms with Crippen molar-refractivity contribution >= 4 is 11.9 Å². The van der Waals surface area contributed by atoms with E-state index >= 15 is 0 Å². The minimum atomic E-state index is -0.225. The van der Waals surface area contributed by atoms with E-state index in [1.807, 2.05) is 6.92 Å². The number of carbonyl (C=O) groups is 1. The van der Waals surface area contributed by atoms with Crippen LogP contribution in [0.1, 0.15) is 17.5 Å². The zero-order chi connectivity index (χ0) is 10.6. The van der Waals surface area contributed by atoms with E-state index in [1.165, 1.54) is 0 Å². The third-order valence-electron chi connectivity index (χ3n) is 1.72. The summed E-state index contributed by atoms with van der Waals surface area (Å²) in [4.78, 5) is 17.0. The van der Waals surface area contributed by atoms with Crippen molar-refractivity contribution in [3.8, 4) is 0 Å². The van der Waals surface area contributed by atoms with E-state index in [2.05, 4.69) is 21.8 Å². The Bertz CT molecular complexity index is 332. The number of H-pyrrole nitrogens is 1. The second kappa shape index (κ2) is 4.40. The van der Waals surface area contributed by atoms with Crippen molar-refractivity contribution in [3.05, 3.63) is 18.5 Å². The van der Waals surface area contributed by atoms with Gasteiger partial charge in [-0.25, -0.2) is 0 Å². The Morgan fingerprint density at radius 1 is 1.79 bits per heavy atom. The Balaban J connectivity index is 2.77. The third kappa shape index (κ3) is 2.09. The summed E-state index contributed by atoms with van der Waals surface area (Å²) in [6, 6.07) is 0. The Labute approximate surface area is 81.8 Å². The van der Waals surface area contributed by atoms with Gasteiger partial charge in [0.25, 0.3) is 5.91 Å². The average Bonchev–Trinajstić information content (AvgIpc) is 2.60. The fourth-order valence-corrected chi connectivity index (χ4v) is 1.03. The lowest BCUT2D eigenvalue weighted by molar-refractivity contribution is 0.0770. The normalized spacial score (nSPS) is 9.79. The molecule has 0 aromatic carbocycles. The minimum absolute atomic E-state index is 0.0722. The third-order valence-corrected chi connectivity index (χ3v) is 1.72. The van der Waals surface area contributed by atoms with E-state index in [0.29, 0.717) is 13.1 Å². The lowest BCUT2D eigenvalue weighted by Gasteiger charge is -2.16. The van der Waals surface area contributed by atoms with Crippen molar-refractivity contribution in [1.82, 2.24) is 20.1 Å². The van der Waals surface area contributed by atoms with Gasteiger partial charge < -0.3 is 10.6 Å². The van der Waals surface area contributed by atoms with Gasteiger partial charge in [0.2, 0.25) is 11.8 Å². The van der Waals surface area contributed by atoms with Gasteiger partial charge in [0.05, 0.1) is 0 Å². The quantitative estimate of drug-likeness (QED) is 0.664. The van der Waals surface area contributed by atoms with E-state index in [0.717, 1.165) is 0 Å². The van der Waals surface area contributed by atoms with Crippen LogP contribution < -0.4 is 5.73 Å². The summed E-state index contributed by atoms with van der Waals surface area (Å²) in [6.45, 7) is 6.51.